The summed E-state index contributed by atoms with van der Waals surface area (Å²) in [5.74, 6) is 0. The number of aliphatic hydroxyl groups excluding tert-OH is 1. The molecule has 1 aromatic carbocycles. The number of benzene rings is 1. The minimum Gasteiger partial charge on any atom is -0.385 e. The minimum atomic E-state index is -0.350. The van der Waals surface area contributed by atoms with Gasteiger partial charge in [0.2, 0.25) is 0 Å². The molecule has 0 spiro atoms. The fourth-order valence-electron chi connectivity index (χ4n) is 2.79. The summed E-state index contributed by atoms with van der Waals surface area (Å²) in [5, 5.41) is 10.0. The van der Waals surface area contributed by atoms with Gasteiger partial charge in [0.25, 0.3) is 0 Å². The molecule has 1 aliphatic heterocycles. The predicted octanol–water partition coefficient (Wildman–Crippen LogP) is -1.63. The summed E-state index contributed by atoms with van der Waals surface area (Å²) in [7, 11) is 0. The van der Waals surface area contributed by atoms with Crippen molar-refractivity contribution in [2.24, 2.45) is 0 Å². The highest BCUT2D eigenvalue weighted by Crippen LogP contribution is 2.00. The van der Waals surface area contributed by atoms with Crippen molar-refractivity contribution in [2.75, 3.05) is 45.9 Å². The van der Waals surface area contributed by atoms with Crippen LogP contribution in [0.2, 0.25) is 0 Å². The molecule has 0 aromatic heterocycles. The van der Waals surface area contributed by atoms with Gasteiger partial charge >= 0.3 is 0 Å². The number of hydrogen-bond donors (Lipinski definition) is 3. The van der Waals surface area contributed by atoms with Crippen molar-refractivity contribution in [3.05, 3.63) is 35.9 Å². The molecule has 0 amide bonds. The van der Waals surface area contributed by atoms with Crippen LogP contribution in [0.1, 0.15) is 12.5 Å². The van der Waals surface area contributed by atoms with Gasteiger partial charge in [-0.25, -0.2) is 0 Å². The largest absolute Gasteiger partial charge is 0.385 e. The summed E-state index contributed by atoms with van der Waals surface area (Å²) >= 11 is 0. The van der Waals surface area contributed by atoms with Crippen LogP contribution in [0.5, 0.6) is 0 Å². The van der Waals surface area contributed by atoms with Gasteiger partial charge in [-0.15, -0.1) is 0 Å². The first-order valence-electron chi connectivity index (χ1n) is 7.74. The standard InChI is InChI=1S/C16H26N2O2/c1-2-17-8-10-18(11-9-17)12-16(19)14-20-13-15-6-4-3-5-7-15/h3-7,16,19H,2,8-14H2,1H3/p+2/t16-/m1/s1. The molecule has 1 atom stereocenters. The van der Waals surface area contributed by atoms with Crippen LogP contribution in [0.15, 0.2) is 30.3 Å². The Labute approximate surface area is 122 Å². The number of hydrogen-bond acceptors (Lipinski definition) is 2. The van der Waals surface area contributed by atoms with Gasteiger partial charge in [0.1, 0.15) is 38.8 Å². The molecule has 1 saturated heterocycles. The molecule has 0 radical (unpaired) electrons. The molecule has 0 saturated carbocycles. The molecule has 4 nitrogen and oxygen atoms in total. The maximum absolute atomic E-state index is 10.0. The van der Waals surface area contributed by atoms with Crippen LogP contribution in [0, 0.1) is 0 Å². The van der Waals surface area contributed by atoms with Crippen molar-refractivity contribution >= 4 is 0 Å². The molecule has 4 heteroatoms. The summed E-state index contributed by atoms with van der Waals surface area (Å²) in [6, 6.07) is 10.1. The van der Waals surface area contributed by atoms with Crippen LogP contribution in [0.3, 0.4) is 0 Å². The van der Waals surface area contributed by atoms with Crippen molar-refractivity contribution in [3.63, 3.8) is 0 Å². The maximum atomic E-state index is 10.0. The number of quaternary nitrogens is 2. The van der Waals surface area contributed by atoms with Gasteiger partial charge in [-0.1, -0.05) is 30.3 Å². The van der Waals surface area contributed by atoms with E-state index in [0.717, 1.165) is 12.1 Å². The lowest BCUT2D eigenvalue weighted by atomic mass is 10.2. The van der Waals surface area contributed by atoms with Crippen LogP contribution in [-0.2, 0) is 11.3 Å². The van der Waals surface area contributed by atoms with Crippen molar-refractivity contribution in [1.82, 2.24) is 0 Å². The average Bonchev–Trinajstić information content (AvgIpc) is 2.49. The Morgan fingerprint density at radius 3 is 2.40 bits per heavy atom. The Bertz CT molecular complexity index is 364. The van der Waals surface area contributed by atoms with Crippen LogP contribution < -0.4 is 9.80 Å². The number of likely N-dealkylation sites (N-methyl/N-ethyl adjacent to an activating group) is 1. The molecule has 0 bridgehead atoms. The summed E-state index contributed by atoms with van der Waals surface area (Å²) in [5.41, 5.74) is 1.16. The first-order chi connectivity index (χ1) is 9.78. The molecule has 1 fully saturated rings. The van der Waals surface area contributed by atoms with Crippen molar-refractivity contribution in [3.8, 4) is 0 Å². The first-order valence-corrected chi connectivity index (χ1v) is 7.74. The molecule has 1 aromatic rings. The molecular weight excluding hydrogens is 252 g/mol. The summed E-state index contributed by atoms with van der Waals surface area (Å²) < 4.78 is 5.60. The topological polar surface area (TPSA) is 38.3 Å². The quantitative estimate of drug-likeness (QED) is 0.561. The van der Waals surface area contributed by atoms with Crippen LogP contribution in [0.25, 0.3) is 0 Å². The smallest absolute Gasteiger partial charge is 0.127 e. The van der Waals surface area contributed by atoms with Crippen LogP contribution >= 0.6 is 0 Å². The number of ether oxygens (including phenoxy) is 1. The van der Waals surface area contributed by atoms with Gasteiger partial charge in [0.15, 0.2) is 0 Å². The highest BCUT2D eigenvalue weighted by atomic mass is 16.5. The van der Waals surface area contributed by atoms with E-state index in [4.69, 9.17) is 4.74 Å². The highest BCUT2D eigenvalue weighted by Gasteiger charge is 2.23. The molecular formula is C16H28N2O2+2. The lowest BCUT2D eigenvalue weighted by Crippen LogP contribution is -3.28. The molecule has 0 unspecified atom stereocenters. The van der Waals surface area contributed by atoms with E-state index in [1.807, 2.05) is 30.3 Å². The molecule has 1 heterocycles. The third-order valence-electron chi connectivity index (χ3n) is 4.11. The Hall–Kier alpha value is -0.940. The monoisotopic (exact) mass is 280 g/mol. The second-order valence-corrected chi connectivity index (χ2v) is 5.71. The Kier molecular flexibility index (Phi) is 6.47. The fourth-order valence-corrected chi connectivity index (χ4v) is 2.79. The second kappa shape index (κ2) is 8.37. The molecule has 2 rings (SSSR count). The molecule has 1 aliphatic rings. The minimum absolute atomic E-state index is 0.350. The molecule has 112 valence electrons. The summed E-state index contributed by atoms with van der Waals surface area (Å²) in [6.45, 7) is 10.1. The SMILES string of the molecule is CC[NH+]1CC[NH+](C[C@@H](O)COCc2ccccc2)CC1. The number of aliphatic hydroxyl groups is 1. The van der Waals surface area contributed by atoms with E-state index in [9.17, 15) is 5.11 Å². The zero-order valence-corrected chi connectivity index (χ0v) is 12.5. The summed E-state index contributed by atoms with van der Waals surface area (Å²) in [4.78, 5) is 3.20. The Balaban J connectivity index is 1.60. The third kappa shape index (κ3) is 5.21. The van der Waals surface area contributed by atoms with E-state index in [-0.39, 0.29) is 6.10 Å². The predicted molar refractivity (Wildman–Crippen MR) is 78.9 cm³/mol. The van der Waals surface area contributed by atoms with E-state index >= 15 is 0 Å². The van der Waals surface area contributed by atoms with Gasteiger partial charge in [0.05, 0.1) is 19.8 Å². The van der Waals surface area contributed by atoms with Gasteiger partial charge in [-0.05, 0) is 12.5 Å². The number of rotatable bonds is 7. The fraction of sp³-hybridized carbons (Fsp3) is 0.625. The lowest BCUT2D eigenvalue weighted by Gasteiger charge is -2.30. The van der Waals surface area contributed by atoms with Crippen LogP contribution in [0.4, 0.5) is 0 Å². The van der Waals surface area contributed by atoms with E-state index in [1.54, 1.807) is 4.90 Å². The van der Waals surface area contributed by atoms with Crippen molar-refractivity contribution in [1.29, 1.82) is 0 Å². The zero-order chi connectivity index (χ0) is 14.2. The van der Waals surface area contributed by atoms with E-state index in [2.05, 4.69) is 6.92 Å². The number of nitrogens with one attached hydrogen (secondary N) is 2. The van der Waals surface area contributed by atoms with Crippen LogP contribution in [-0.4, -0.2) is 57.1 Å². The van der Waals surface area contributed by atoms with Gasteiger partial charge in [-0.3, -0.25) is 0 Å². The average molecular weight is 280 g/mol. The normalized spacial score (nSPS) is 24.5. The maximum Gasteiger partial charge on any atom is 0.127 e. The second-order valence-electron chi connectivity index (χ2n) is 5.71. The van der Waals surface area contributed by atoms with Crippen molar-refractivity contribution < 1.29 is 19.6 Å². The lowest BCUT2D eigenvalue weighted by molar-refractivity contribution is -1.01. The third-order valence-corrected chi connectivity index (χ3v) is 4.11. The Morgan fingerprint density at radius 1 is 1.10 bits per heavy atom. The van der Waals surface area contributed by atoms with Gasteiger partial charge in [-0.2, -0.15) is 0 Å². The highest BCUT2D eigenvalue weighted by molar-refractivity contribution is 5.13. The van der Waals surface area contributed by atoms with E-state index in [0.29, 0.717) is 13.2 Å². The zero-order valence-electron chi connectivity index (χ0n) is 12.5. The van der Waals surface area contributed by atoms with E-state index in [1.165, 1.54) is 37.6 Å². The molecule has 3 N–H and O–H groups in total. The van der Waals surface area contributed by atoms with Crippen molar-refractivity contribution in [2.45, 2.75) is 19.6 Å². The van der Waals surface area contributed by atoms with Gasteiger partial charge in [0, 0.05) is 0 Å². The van der Waals surface area contributed by atoms with Gasteiger partial charge < -0.3 is 19.6 Å². The first kappa shape index (κ1) is 15.4. The number of piperazine rings is 1. The van der Waals surface area contributed by atoms with E-state index < -0.39 is 0 Å². The summed E-state index contributed by atoms with van der Waals surface area (Å²) in [6.07, 6.45) is -0.350. The molecule has 0 aliphatic carbocycles. The molecule has 20 heavy (non-hydrogen) atoms. The Morgan fingerprint density at radius 2 is 1.75 bits per heavy atom.